The second-order valence-electron chi connectivity index (χ2n) is 7.90. The molecule has 2 amide bonds. The van der Waals surface area contributed by atoms with Crippen LogP contribution in [0.5, 0.6) is 0 Å². The summed E-state index contributed by atoms with van der Waals surface area (Å²) in [5.41, 5.74) is 0.922. The predicted molar refractivity (Wildman–Crippen MR) is 120 cm³/mol. The molecule has 1 atom stereocenters. The summed E-state index contributed by atoms with van der Waals surface area (Å²) >= 11 is 2.69. The molecular weight excluding hydrogens is 456 g/mol. The Labute approximate surface area is 190 Å². The van der Waals surface area contributed by atoms with Crippen LogP contribution in [-0.4, -0.2) is 78.6 Å². The topological polar surface area (TPSA) is 90.9 Å². The number of carbonyl (C=O) groups excluding carboxylic acids is 2. The zero-order valence-electron chi connectivity index (χ0n) is 17.4. The molecule has 0 aromatic carbocycles. The van der Waals surface area contributed by atoms with Gasteiger partial charge in [0.15, 0.2) is 0 Å². The molecule has 8 nitrogen and oxygen atoms in total. The molecule has 0 saturated carbocycles. The summed E-state index contributed by atoms with van der Waals surface area (Å²) in [5, 5.41) is 4.50. The van der Waals surface area contributed by atoms with E-state index in [9.17, 15) is 18.0 Å². The van der Waals surface area contributed by atoms with Crippen molar-refractivity contribution >= 4 is 44.5 Å². The fraction of sp³-hybridized carbons (Fsp3) is 0.550. The summed E-state index contributed by atoms with van der Waals surface area (Å²) in [6.45, 7) is 4.54. The van der Waals surface area contributed by atoms with Gasteiger partial charge in [-0.25, -0.2) is 13.4 Å². The van der Waals surface area contributed by atoms with Crippen molar-refractivity contribution in [2.45, 2.75) is 30.4 Å². The minimum absolute atomic E-state index is 0.00581. The molecular formula is C20H26N4O4S3. The van der Waals surface area contributed by atoms with Crippen molar-refractivity contribution in [1.82, 2.24) is 19.1 Å². The van der Waals surface area contributed by atoms with Crippen molar-refractivity contribution in [2.75, 3.05) is 39.3 Å². The summed E-state index contributed by atoms with van der Waals surface area (Å²) in [7, 11) is -3.54. The fourth-order valence-electron chi connectivity index (χ4n) is 4.06. The lowest BCUT2D eigenvalue weighted by atomic mass is 9.97. The van der Waals surface area contributed by atoms with E-state index >= 15 is 0 Å². The monoisotopic (exact) mass is 482 g/mol. The van der Waals surface area contributed by atoms with Crippen LogP contribution in [0.2, 0.25) is 0 Å². The lowest BCUT2D eigenvalue weighted by Gasteiger charge is -2.38. The van der Waals surface area contributed by atoms with Gasteiger partial charge >= 0.3 is 0 Å². The second kappa shape index (κ2) is 9.35. The van der Waals surface area contributed by atoms with E-state index in [2.05, 4.69) is 4.98 Å². The lowest BCUT2D eigenvalue weighted by Crippen LogP contribution is -2.54. The van der Waals surface area contributed by atoms with Crippen molar-refractivity contribution < 1.29 is 18.0 Å². The van der Waals surface area contributed by atoms with Gasteiger partial charge < -0.3 is 9.80 Å². The third-order valence-electron chi connectivity index (χ3n) is 5.74. The van der Waals surface area contributed by atoms with Crippen LogP contribution in [0.25, 0.3) is 0 Å². The summed E-state index contributed by atoms with van der Waals surface area (Å²) in [4.78, 5) is 33.5. The molecule has 0 aliphatic carbocycles. The quantitative estimate of drug-likeness (QED) is 0.649. The van der Waals surface area contributed by atoms with Gasteiger partial charge in [-0.1, -0.05) is 6.07 Å². The first-order chi connectivity index (χ1) is 14.8. The molecule has 2 aliphatic heterocycles. The van der Waals surface area contributed by atoms with Crippen LogP contribution >= 0.6 is 22.7 Å². The number of thiophene rings is 1. The number of aromatic nitrogens is 1. The number of hydrogen-bond donors (Lipinski definition) is 0. The van der Waals surface area contributed by atoms with Crippen molar-refractivity contribution in [2.24, 2.45) is 5.92 Å². The zero-order chi connectivity index (χ0) is 22.0. The smallest absolute Gasteiger partial charge is 0.252 e. The number of carbonyl (C=O) groups is 2. The minimum atomic E-state index is -3.54. The highest BCUT2D eigenvalue weighted by Gasteiger charge is 2.36. The normalized spacial score (nSPS) is 20.7. The maximum atomic E-state index is 13.1. The Hall–Kier alpha value is -1.82. The third-order valence-corrected chi connectivity index (χ3v) is 9.94. The molecule has 0 N–H and O–H groups in total. The Morgan fingerprint density at radius 2 is 1.87 bits per heavy atom. The van der Waals surface area contributed by atoms with Crippen LogP contribution < -0.4 is 0 Å². The number of amides is 2. The molecule has 2 aromatic rings. The van der Waals surface area contributed by atoms with Gasteiger partial charge in [0, 0.05) is 50.3 Å². The highest BCUT2D eigenvalue weighted by atomic mass is 32.2. The summed E-state index contributed by atoms with van der Waals surface area (Å²) in [6.07, 6.45) is 1.66. The van der Waals surface area contributed by atoms with Gasteiger partial charge in [-0.2, -0.15) is 4.31 Å². The number of hydrogen-bond acceptors (Lipinski definition) is 7. The number of sulfonamides is 1. The van der Waals surface area contributed by atoms with Gasteiger partial charge in [0.05, 0.1) is 12.3 Å². The van der Waals surface area contributed by atoms with E-state index in [-0.39, 0.29) is 24.3 Å². The molecule has 2 fully saturated rings. The zero-order valence-corrected chi connectivity index (χ0v) is 19.8. The average molecular weight is 483 g/mol. The van der Waals surface area contributed by atoms with Crippen LogP contribution in [0.15, 0.2) is 27.1 Å². The van der Waals surface area contributed by atoms with E-state index in [1.165, 1.54) is 27.0 Å². The summed E-state index contributed by atoms with van der Waals surface area (Å²) in [6, 6.07) is 3.33. The highest BCUT2D eigenvalue weighted by Crippen LogP contribution is 2.27. The van der Waals surface area contributed by atoms with Gasteiger partial charge in [-0.3, -0.25) is 9.59 Å². The third kappa shape index (κ3) is 5.00. The highest BCUT2D eigenvalue weighted by molar-refractivity contribution is 7.91. The Bertz CT molecular complexity index is 1030. The maximum absolute atomic E-state index is 13.1. The van der Waals surface area contributed by atoms with Gasteiger partial charge in [0.2, 0.25) is 11.8 Å². The first-order valence-electron chi connectivity index (χ1n) is 10.4. The molecule has 0 spiro atoms. The van der Waals surface area contributed by atoms with E-state index in [4.69, 9.17) is 0 Å². The maximum Gasteiger partial charge on any atom is 0.252 e. The Morgan fingerprint density at radius 1 is 1.13 bits per heavy atom. The molecule has 4 heterocycles. The number of nitrogens with zero attached hydrogens (tertiary/aromatic N) is 4. The van der Waals surface area contributed by atoms with Crippen LogP contribution in [0.3, 0.4) is 0 Å². The number of aryl methyl sites for hydroxylation is 1. The first kappa shape index (κ1) is 22.4. The fourth-order valence-corrected chi connectivity index (χ4v) is 7.49. The van der Waals surface area contributed by atoms with E-state index in [1.807, 2.05) is 12.3 Å². The molecule has 4 rings (SSSR count). The van der Waals surface area contributed by atoms with Crippen LogP contribution in [0, 0.1) is 12.8 Å². The van der Waals surface area contributed by atoms with Gasteiger partial charge in [-0.15, -0.1) is 22.7 Å². The Morgan fingerprint density at radius 3 is 2.52 bits per heavy atom. The van der Waals surface area contributed by atoms with Crippen molar-refractivity contribution in [3.8, 4) is 0 Å². The first-order valence-corrected chi connectivity index (χ1v) is 13.6. The standard InChI is InChI=1S/C20H26N4O4S3/c1-15-14-30-17(21-15)12-18(25)22-7-9-23(10-8-22)20(26)16-4-2-6-24(13-16)31(27,28)19-5-3-11-29-19/h3,5,11,14,16H,2,4,6-10,12-13H2,1H3/t16-/m1/s1. The predicted octanol–water partition coefficient (Wildman–Crippen LogP) is 1.83. The minimum Gasteiger partial charge on any atom is -0.339 e. The molecule has 0 bridgehead atoms. The number of rotatable bonds is 5. The molecule has 0 unspecified atom stereocenters. The van der Waals surface area contributed by atoms with Crippen LogP contribution in [0.4, 0.5) is 0 Å². The van der Waals surface area contributed by atoms with Crippen LogP contribution in [-0.2, 0) is 26.0 Å². The molecule has 11 heteroatoms. The number of piperazine rings is 1. The second-order valence-corrected chi connectivity index (χ2v) is 12.0. The Balaban J connectivity index is 1.31. The molecule has 168 valence electrons. The largest absolute Gasteiger partial charge is 0.339 e. The van der Waals surface area contributed by atoms with Crippen molar-refractivity contribution in [1.29, 1.82) is 0 Å². The van der Waals surface area contributed by atoms with E-state index in [1.54, 1.807) is 27.3 Å². The number of piperidine rings is 1. The molecule has 0 radical (unpaired) electrons. The van der Waals surface area contributed by atoms with Gasteiger partial charge in [-0.05, 0) is 31.2 Å². The molecule has 2 aliphatic rings. The van der Waals surface area contributed by atoms with Crippen molar-refractivity contribution in [3.05, 3.63) is 33.6 Å². The number of thiazole rings is 1. The molecule has 2 aromatic heterocycles. The molecule has 31 heavy (non-hydrogen) atoms. The van der Waals surface area contributed by atoms with Crippen molar-refractivity contribution in [3.63, 3.8) is 0 Å². The van der Waals surface area contributed by atoms with Crippen LogP contribution in [0.1, 0.15) is 23.5 Å². The van der Waals surface area contributed by atoms with E-state index < -0.39 is 10.0 Å². The molecule has 2 saturated heterocycles. The SMILES string of the molecule is Cc1csc(CC(=O)N2CCN(C(=O)[C@@H]3CCCN(S(=O)(=O)c4cccs4)C3)CC2)n1. The summed E-state index contributed by atoms with van der Waals surface area (Å²) < 4.78 is 27.4. The average Bonchev–Trinajstić information content (AvgIpc) is 3.46. The van der Waals surface area contributed by atoms with E-state index in [0.29, 0.717) is 56.2 Å². The van der Waals surface area contributed by atoms with E-state index in [0.717, 1.165) is 10.7 Å². The summed E-state index contributed by atoms with van der Waals surface area (Å²) in [5.74, 6) is -0.301. The lowest BCUT2D eigenvalue weighted by molar-refractivity contribution is -0.142. The van der Waals surface area contributed by atoms with Gasteiger partial charge in [0.25, 0.3) is 10.0 Å². The van der Waals surface area contributed by atoms with Gasteiger partial charge in [0.1, 0.15) is 9.22 Å². The Kier molecular flexibility index (Phi) is 6.75.